The van der Waals surface area contributed by atoms with Crippen molar-refractivity contribution in [2.75, 3.05) is 6.54 Å². The Morgan fingerprint density at radius 3 is 3.00 bits per heavy atom. The van der Waals surface area contributed by atoms with Gasteiger partial charge in [-0.3, -0.25) is 9.36 Å². The molecular formula is C12H16N4OS. The maximum Gasteiger partial charge on any atom is 0.280 e. The molecule has 0 amide bonds. The molecule has 5 nitrogen and oxygen atoms in total. The third-order valence-corrected chi connectivity index (χ3v) is 4.49. The van der Waals surface area contributed by atoms with Crippen LogP contribution in [0.1, 0.15) is 36.6 Å². The summed E-state index contributed by atoms with van der Waals surface area (Å²) in [5, 5.41) is 4.41. The lowest BCUT2D eigenvalue weighted by Gasteiger charge is -2.03. The summed E-state index contributed by atoms with van der Waals surface area (Å²) in [7, 11) is 1.76. The average Bonchev–Trinajstić information content (AvgIpc) is 3.01. The smallest absolute Gasteiger partial charge is 0.280 e. The van der Waals surface area contributed by atoms with Crippen molar-refractivity contribution in [3.05, 3.63) is 21.2 Å². The van der Waals surface area contributed by atoms with Gasteiger partial charge in [-0.25, -0.2) is 9.97 Å². The zero-order valence-electron chi connectivity index (χ0n) is 10.6. The van der Waals surface area contributed by atoms with Crippen LogP contribution in [0, 0.1) is 0 Å². The highest BCUT2D eigenvalue weighted by Crippen LogP contribution is 2.28. The predicted octanol–water partition coefficient (Wildman–Crippen LogP) is 1.38. The van der Waals surface area contributed by atoms with Crippen LogP contribution < -0.4 is 10.9 Å². The van der Waals surface area contributed by atoms with E-state index in [0.29, 0.717) is 11.6 Å². The lowest BCUT2D eigenvalue weighted by molar-refractivity contribution is 0.644. The highest BCUT2D eigenvalue weighted by molar-refractivity contribution is 7.18. The van der Waals surface area contributed by atoms with Gasteiger partial charge in [0, 0.05) is 13.5 Å². The first kappa shape index (κ1) is 11.8. The fourth-order valence-electron chi connectivity index (χ4n) is 2.37. The van der Waals surface area contributed by atoms with E-state index in [1.54, 1.807) is 23.0 Å². The van der Waals surface area contributed by atoms with Crippen LogP contribution >= 0.6 is 11.3 Å². The second kappa shape index (κ2) is 4.44. The number of hydrogen-bond acceptors (Lipinski definition) is 5. The molecule has 3 heterocycles. The van der Waals surface area contributed by atoms with Crippen molar-refractivity contribution in [3.8, 4) is 0 Å². The fourth-order valence-corrected chi connectivity index (χ4v) is 3.43. The number of aryl methyl sites for hydroxylation is 1. The first-order valence-corrected chi connectivity index (χ1v) is 7.12. The zero-order chi connectivity index (χ0) is 12.7. The number of nitrogens with zero attached hydrogens (tertiary/aromatic N) is 3. The largest absolute Gasteiger partial charge is 0.308 e. The highest BCUT2D eigenvalue weighted by atomic mass is 32.1. The average molecular weight is 264 g/mol. The number of rotatable bonds is 2. The van der Waals surface area contributed by atoms with Crippen molar-refractivity contribution in [2.24, 2.45) is 7.05 Å². The van der Waals surface area contributed by atoms with Crippen molar-refractivity contribution in [1.29, 1.82) is 0 Å². The minimum atomic E-state index is -0.0302. The Labute approximate surface area is 109 Å². The van der Waals surface area contributed by atoms with E-state index in [-0.39, 0.29) is 5.56 Å². The quantitative estimate of drug-likeness (QED) is 0.890. The van der Waals surface area contributed by atoms with Crippen molar-refractivity contribution >= 4 is 21.7 Å². The molecule has 0 aromatic carbocycles. The van der Waals surface area contributed by atoms with E-state index in [9.17, 15) is 4.79 Å². The molecule has 1 atom stereocenters. The Bertz CT molecular complexity index is 639. The van der Waals surface area contributed by atoms with E-state index in [2.05, 4.69) is 15.3 Å². The third-order valence-electron chi connectivity index (χ3n) is 3.43. The molecule has 6 heteroatoms. The number of fused-ring (bicyclic) bond motifs is 1. The molecular weight excluding hydrogens is 248 g/mol. The van der Waals surface area contributed by atoms with E-state index in [0.717, 1.165) is 35.0 Å². The normalized spacial score (nSPS) is 19.8. The van der Waals surface area contributed by atoms with Gasteiger partial charge in [0.1, 0.15) is 10.8 Å². The summed E-state index contributed by atoms with van der Waals surface area (Å²) in [5.41, 5.74) is 0.487. The van der Waals surface area contributed by atoms with Gasteiger partial charge >= 0.3 is 0 Å². The highest BCUT2D eigenvalue weighted by Gasteiger charge is 2.22. The lowest BCUT2D eigenvalue weighted by Crippen LogP contribution is -2.22. The van der Waals surface area contributed by atoms with Gasteiger partial charge in [0.15, 0.2) is 10.3 Å². The van der Waals surface area contributed by atoms with Crippen LogP contribution in [0.5, 0.6) is 0 Å². The predicted molar refractivity (Wildman–Crippen MR) is 72.0 cm³/mol. The van der Waals surface area contributed by atoms with Gasteiger partial charge in [-0.1, -0.05) is 18.3 Å². The topological polar surface area (TPSA) is 59.8 Å². The maximum atomic E-state index is 12.2. The van der Waals surface area contributed by atoms with Crippen LogP contribution in [0.3, 0.4) is 0 Å². The Balaban J connectivity index is 2.16. The standard InChI is InChI=1S/C12H16N4OS/c1-3-8-14-11-9(12(17)16(8)2)15-10(18-11)7-5-4-6-13-7/h7,13H,3-6H2,1-2H3. The Morgan fingerprint density at radius 2 is 2.33 bits per heavy atom. The van der Waals surface area contributed by atoms with E-state index in [1.165, 1.54) is 6.42 Å². The molecule has 0 radical (unpaired) electrons. The van der Waals surface area contributed by atoms with E-state index < -0.39 is 0 Å². The van der Waals surface area contributed by atoms with Crippen LogP contribution in [0.25, 0.3) is 10.3 Å². The summed E-state index contributed by atoms with van der Waals surface area (Å²) in [6.45, 7) is 3.04. The number of hydrogen-bond donors (Lipinski definition) is 1. The molecule has 1 N–H and O–H groups in total. The van der Waals surface area contributed by atoms with Gasteiger partial charge in [-0.15, -0.1) is 0 Å². The first-order valence-electron chi connectivity index (χ1n) is 6.30. The van der Waals surface area contributed by atoms with Crippen LogP contribution in [-0.2, 0) is 13.5 Å². The van der Waals surface area contributed by atoms with Gasteiger partial charge in [-0.05, 0) is 19.4 Å². The van der Waals surface area contributed by atoms with E-state index in [4.69, 9.17) is 0 Å². The maximum absolute atomic E-state index is 12.2. The lowest BCUT2D eigenvalue weighted by atomic mass is 10.2. The molecule has 0 spiro atoms. The molecule has 2 aromatic heterocycles. The van der Waals surface area contributed by atoms with E-state index in [1.807, 2.05) is 6.92 Å². The summed E-state index contributed by atoms with van der Waals surface area (Å²) in [4.78, 5) is 22.0. The van der Waals surface area contributed by atoms with E-state index >= 15 is 0 Å². The second-order valence-electron chi connectivity index (χ2n) is 4.60. The van der Waals surface area contributed by atoms with Crippen LogP contribution in [0.4, 0.5) is 0 Å². The molecule has 96 valence electrons. The number of thiazole rings is 1. The first-order chi connectivity index (χ1) is 8.70. The number of aromatic nitrogens is 3. The summed E-state index contributed by atoms with van der Waals surface area (Å²) < 4.78 is 1.61. The molecule has 1 unspecified atom stereocenters. The molecule has 0 bridgehead atoms. The van der Waals surface area contributed by atoms with Crippen LogP contribution in [0.15, 0.2) is 4.79 Å². The molecule has 18 heavy (non-hydrogen) atoms. The minimum absolute atomic E-state index is 0.0302. The Hall–Kier alpha value is -1.27. The molecule has 1 saturated heterocycles. The zero-order valence-corrected chi connectivity index (χ0v) is 11.4. The van der Waals surface area contributed by atoms with Gasteiger partial charge in [0.05, 0.1) is 6.04 Å². The van der Waals surface area contributed by atoms with Gasteiger partial charge in [-0.2, -0.15) is 0 Å². The van der Waals surface area contributed by atoms with Gasteiger partial charge < -0.3 is 5.32 Å². The SMILES string of the molecule is CCc1nc2sc(C3CCCN3)nc2c(=O)n1C. The molecule has 1 aliphatic rings. The number of nitrogens with one attached hydrogen (secondary N) is 1. The molecule has 2 aromatic rings. The van der Waals surface area contributed by atoms with Gasteiger partial charge in [0.2, 0.25) is 0 Å². The van der Waals surface area contributed by atoms with Crippen LogP contribution in [-0.4, -0.2) is 21.1 Å². The monoisotopic (exact) mass is 264 g/mol. The van der Waals surface area contributed by atoms with Crippen molar-refractivity contribution in [3.63, 3.8) is 0 Å². The Kier molecular flexibility index (Phi) is 2.91. The van der Waals surface area contributed by atoms with Gasteiger partial charge in [0.25, 0.3) is 5.56 Å². The fraction of sp³-hybridized carbons (Fsp3) is 0.583. The molecule has 1 fully saturated rings. The molecule has 0 aliphatic carbocycles. The molecule has 3 rings (SSSR count). The Morgan fingerprint density at radius 1 is 1.50 bits per heavy atom. The minimum Gasteiger partial charge on any atom is -0.308 e. The van der Waals surface area contributed by atoms with Crippen LogP contribution in [0.2, 0.25) is 0 Å². The molecule has 1 aliphatic heterocycles. The molecule has 0 saturated carbocycles. The van der Waals surface area contributed by atoms with Crippen molar-refractivity contribution in [1.82, 2.24) is 19.9 Å². The van der Waals surface area contributed by atoms with Crippen molar-refractivity contribution < 1.29 is 0 Å². The third kappa shape index (κ3) is 1.76. The summed E-state index contributed by atoms with van der Waals surface area (Å²) >= 11 is 1.55. The summed E-state index contributed by atoms with van der Waals surface area (Å²) in [5.74, 6) is 0.821. The summed E-state index contributed by atoms with van der Waals surface area (Å²) in [6, 6.07) is 0.305. The second-order valence-corrected chi connectivity index (χ2v) is 5.61. The summed E-state index contributed by atoms with van der Waals surface area (Å²) in [6.07, 6.45) is 3.03. The van der Waals surface area contributed by atoms with Crippen molar-refractivity contribution in [2.45, 2.75) is 32.2 Å².